The van der Waals surface area contributed by atoms with Crippen molar-refractivity contribution in [2.24, 2.45) is 0 Å². The summed E-state index contributed by atoms with van der Waals surface area (Å²) in [6.07, 6.45) is -0.548. The highest BCUT2D eigenvalue weighted by molar-refractivity contribution is 7.09. The molecule has 0 fully saturated rings. The summed E-state index contributed by atoms with van der Waals surface area (Å²) in [6, 6.07) is 12.1. The molecule has 3 aromatic rings. The van der Waals surface area contributed by atoms with Gasteiger partial charge in [-0.15, -0.1) is 11.3 Å². The number of benzene rings is 2. The normalized spacial score (nSPS) is 15.1. The van der Waals surface area contributed by atoms with Crippen molar-refractivity contribution < 1.29 is 19.1 Å². The van der Waals surface area contributed by atoms with Crippen molar-refractivity contribution in [1.82, 2.24) is 4.98 Å². The number of nitrogens with zero attached hydrogens (tertiary/aromatic N) is 1. The topological polar surface area (TPSA) is 89.5 Å². The molecule has 0 spiro atoms. The average Bonchev–Trinajstić information content (AvgIpc) is 3.13. The van der Waals surface area contributed by atoms with Crippen molar-refractivity contribution >= 4 is 34.5 Å². The SMILES string of the molecule is Cc1nc(COc2ccccc2C(=O)Nc2ccc3c(c2)NC(=O)C(C)O3)cs1. The molecule has 0 radical (unpaired) electrons. The summed E-state index contributed by atoms with van der Waals surface area (Å²) in [5.41, 5.74) is 2.29. The van der Waals surface area contributed by atoms with Gasteiger partial charge in [-0.1, -0.05) is 12.1 Å². The van der Waals surface area contributed by atoms with Gasteiger partial charge in [-0.05, 0) is 44.2 Å². The molecular weight excluding hydrogens is 390 g/mol. The van der Waals surface area contributed by atoms with Crippen molar-refractivity contribution in [3.8, 4) is 11.5 Å². The summed E-state index contributed by atoms with van der Waals surface area (Å²) in [6.45, 7) is 3.90. The van der Waals surface area contributed by atoms with Crippen LogP contribution >= 0.6 is 11.3 Å². The Kier molecular flexibility index (Phi) is 5.18. The number of aromatic nitrogens is 1. The van der Waals surface area contributed by atoms with Crippen molar-refractivity contribution in [3.63, 3.8) is 0 Å². The van der Waals surface area contributed by atoms with Gasteiger partial charge in [0.2, 0.25) is 0 Å². The van der Waals surface area contributed by atoms with E-state index in [0.717, 1.165) is 10.7 Å². The highest BCUT2D eigenvalue weighted by atomic mass is 32.1. The van der Waals surface area contributed by atoms with Gasteiger partial charge in [-0.2, -0.15) is 0 Å². The number of carbonyl (C=O) groups is 2. The summed E-state index contributed by atoms with van der Waals surface area (Å²) in [5, 5.41) is 8.50. The second-order valence-corrected chi connectivity index (χ2v) is 7.62. The van der Waals surface area contributed by atoms with Gasteiger partial charge in [0.25, 0.3) is 11.8 Å². The Bertz CT molecular complexity index is 1080. The van der Waals surface area contributed by atoms with Gasteiger partial charge in [0.15, 0.2) is 6.10 Å². The average molecular weight is 409 g/mol. The van der Waals surface area contributed by atoms with Crippen LogP contribution in [0.1, 0.15) is 28.0 Å². The standard InChI is InChI=1S/C21H19N3O4S/c1-12-20(25)24-17-9-14(7-8-19(17)28-12)23-21(26)16-5-3-4-6-18(16)27-10-15-11-29-13(2)22-15/h3-9,11-12H,10H2,1-2H3,(H,23,26)(H,24,25). The van der Waals surface area contributed by atoms with Gasteiger partial charge in [-0.3, -0.25) is 9.59 Å². The molecule has 148 valence electrons. The third kappa shape index (κ3) is 4.22. The predicted molar refractivity (Wildman–Crippen MR) is 111 cm³/mol. The van der Waals surface area contributed by atoms with Crippen molar-refractivity contribution in [2.75, 3.05) is 10.6 Å². The molecule has 0 bridgehead atoms. The summed E-state index contributed by atoms with van der Waals surface area (Å²) < 4.78 is 11.4. The number of ether oxygens (including phenoxy) is 2. The Morgan fingerprint density at radius 1 is 1.31 bits per heavy atom. The largest absolute Gasteiger partial charge is 0.486 e. The number of carbonyl (C=O) groups excluding carboxylic acids is 2. The second kappa shape index (κ2) is 7.92. The highest BCUT2D eigenvalue weighted by Gasteiger charge is 2.24. The Balaban J connectivity index is 1.49. The molecule has 29 heavy (non-hydrogen) atoms. The van der Waals surface area contributed by atoms with E-state index in [9.17, 15) is 9.59 Å². The molecule has 2 aromatic carbocycles. The molecule has 1 unspecified atom stereocenters. The molecule has 0 saturated carbocycles. The molecule has 2 heterocycles. The van der Waals surface area contributed by atoms with Crippen LogP contribution in [0, 0.1) is 6.92 Å². The fraction of sp³-hybridized carbons (Fsp3) is 0.190. The minimum absolute atomic E-state index is 0.225. The predicted octanol–water partition coefficient (Wildman–Crippen LogP) is 4.00. The number of anilines is 2. The van der Waals surface area contributed by atoms with E-state index in [1.165, 1.54) is 0 Å². The smallest absolute Gasteiger partial charge is 0.265 e. The lowest BCUT2D eigenvalue weighted by molar-refractivity contribution is -0.122. The quantitative estimate of drug-likeness (QED) is 0.665. The van der Waals surface area contributed by atoms with Crippen LogP contribution in [-0.2, 0) is 11.4 Å². The van der Waals surface area contributed by atoms with Crippen LogP contribution in [0.5, 0.6) is 11.5 Å². The number of hydrogen-bond acceptors (Lipinski definition) is 6. The molecular formula is C21H19N3O4S. The molecule has 4 rings (SSSR count). The zero-order chi connectivity index (χ0) is 20.4. The van der Waals surface area contributed by atoms with Crippen LogP contribution < -0.4 is 20.1 Å². The van der Waals surface area contributed by atoms with Crippen molar-refractivity contribution in [2.45, 2.75) is 26.6 Å². The monoisotopic (exact) mass is 409 g/mol. The number of rotatable bonds is 5. The Hall–Kier alpha value is -3.39. The van der Waals surface area contributed by atoms with E-state index in [1.807, 2.05) is 18.4 Å². The van der Waals surface area contributed by atoms with Crippen LogP contribution in [0.3, 0.4) is 0 Å². The van der Waals surface area contributed by atoms with Crippen LogP contribution in [0.25, 0.3) is 0 Å². The molecule has 0 saturated heterocycles. The molecule has 7 nitrogen and oxygen atoms in total. The van der Waals surface area contributed by atoms with Crippen LogP contribution in [0.4, 0.5) is 11.4 Å². The summed E-state index contributed by atoms with van der Waals surface area (Å²) in [4.78, 5) is 29.0. The third-order valence-corrected chi connectivity index (χ3v) is 5.16. The van der Waals surface area contributed by atoms with Crippen LogP contribution in [0.2, 0.25) is 0 Å². The first-order valence-electron chi connectivity index (χ1n) is 9.05. The fourth-order valence-electron chi connectivity index (χ4n) is 2.89. The Morgan fingerprint density at radius 2 is 2.14 bits per heavy atom. The molecule has 8 heteroatoms. The lowest BCUT2D eigenvalue weighted by Gasteiger charge is -2.23. The molecule has 1 aromatic heterocycles. The number of fused-ring (bicyclic) bond motifs is 1. The molecule has 0 aliphatic carbocycles. The number of para-hydroxylation sites is 1. The minimum atomic E-state index is -0.548. The molecule has 2 N–H and O–H groups in total. The van der Waals surface area contributed by atoms with Crippen molar-refractivity contribution in [3.05, 3.63) is 64.1 Å². The summed E-state index contributed by atoms with van der Waals surface area (Å²) >= 11 is 1.55. The zero-order valence-electron chi connectivity index (χ0n) is 15.9. The molecule has 1 aliphatic heterocycles. The zero-order valence-corrected chi connectivity index (χ0v) is 16.7. The van der Waals surface area contributed by atoms with Gasteiger partial charge < -0.3 is 20.1 Å². The van der Waals surface area contributed by atoms with E-state index in [0.29, 0.717) is 28.4 Å². The third-order valence-electron chi connectivity index (χ3n) is 4.34. The first-order chi connectivity index (χ1) is 14.0. The Labute approximate surface area is 171 Å². The first-order valence-corrected chi connectivity index (χ1v) is 9.93. The van der Waals surface area contributed by atoms with Crippen LogP contribution in [-0.4, -0.2) is 22.9 Å². The van der Waals surface area contributed by atoms with E-state index >= 15 is 0 Å². The van der Waals surface area contributed by atoms with Gasteiger partial charge >= 0.3 is 0 Å². The summed E-state index contributed by atoms with van der Waals surface area (Å²) in [5.74, 6) is 0.500. The van der Waals surface area contributed by atoms with Crippen molar-refractivity contribution in [1.29, 1.82) is 0 Å². The first kappa shape index (κ1) is 18.9. The lowest BCUT2D eigenvalue weighted by Crippen LogP contribution is -2.34. The molecule has 2 amide bonds. The van der Waals surface area contributed by atoms with Crippen LogP contribution in [0.15, 0.2) is 47.8 Å². The van der Waals surface area contributed by atoms with Gasteiger partial charge in [-0.25, -0.2) is 4.98 Å². The van der Waals surface area contributed by atoms with E-state index in [2.05, 4.69) is 15.6 Å². The van der Waals surface area contributed by atoms with E-state index in [4.69, 9.17) is 9.47 Å². The Morgan fingerprint density at radius 3 is 2.93 bits per heavy atom. The minimum Gasteiger partial charge on any atom is -0.486 e. The number of thiazole rings is 1. The number of aryl methyl sites for hydroxylation is 1. The second-order valence-electron chi connectivity index (χ2n) is 6.56. The number of hydrogen-bond donors (Lipinski definition) is 2. The van der Waals surface area contributed by atoms with E-state index < -0.39 is 6.10 Å². The highest BCUT2D eigenvalue weighted by Crippen LogP contribution is 2.32. The van der Waals surface area contributed by atoms with Gasteiger partial charge in [0.1, 0.15) is 18.1 Å². The summed E-state index contributed by atoms with van der Waals surface area (Å²) in [7, 11) is 0. The lowest BCUT2D eigenvalue weighted by atomic mass is 10.1. The molecule has 1 atom stereocenters. The maximum atomic E-state index is 12.8. The van der Waals surface area contributed by atoms with Gasteiger partial charge in [0.05, 0.1) is 22.0 Å². The fourth-order valence-corrected chi connectivity index (χ4v) is 3.49. The number of nitrogens with one attached hydrogen (secondary N) is 2. The molecule has 1 aliphatic rings. The van der Waals surface area contributed by atoms with E-state index in [1.54, 1.807) is 54.7 Å². The number of amides is 2. The maximum Gasteiger partial charge on any atom is 0.265 e. The van der Waals surface area contributed by atoms with E-state index in [-0.39, 0.29) is 18.4 Å². The maximum absolute atomic E-state index is 12.8. The van der Waals surface area contributed by atoms with Gasteiger partial charge in [0, 0.05) is 11.1 Å².